The van der Waals surface area contributed by atoms with Gasteiger partial charge in [-0.25, -0.2) is 0 Å². The Morgan fingerprint density at radius 2 is 1.88 bits per heavy atom. The van der Waals surface area contributed by atoms with Gasteiger partial charge in [-0.05, 0) is 57.9 Å². The Hall–Kier alpha value is -2.12. The lowest BCUT2D eigenvalue weighted by atomic mass is 9.86. The summed E-state index contributed by atoms with van der Waals surface area (Å²) in [5.41, 5.74) is 1.24. The topological polar surface area (TPSA) is 84.0 Å². The van der Waals surface area contributed by atoms with Crippen LogP contribution in [0, 0.1) is 5.92 Å². The maximum atomic E-state index is 12.0. The van der Waals surface area contributed by atoms with E-state index in [2.05, 4.69) is 58.2 Å². The number of carbonyl (C=O) groups excluding carboxylic acids is 1. The molecule has 1 atom stereocenters. The molecule has 0 spiro atoms. The Morgan fingerprint density at radius 1 is 1.19 bits per heavy atom. The third-order valence-corrected chi connectivity index (χ3v) is 6.78. The first kappa shape index (κ1) is 24.5. The Bertz CT molecular complexity index is 726. The highest BCUT2D eigenvalue weighted by Crippen LogP contribution is 2.26. The summed E-state index contributed by atoms with van der Waals surface area (Å²) in [6.07, 6.45) is 5.55. The highest BCUT2D eigenvalue weighted by molar-refractivity contribution is 5.80. The van der Waals surface area contributed by atoms with Crippen molar-refractivity contribution in [1.29, 1.82) is 0 Å². The van der Waals surface area contributed by atoms with Gasteiger partial charge in [0.05, 0.1) is 12.5 Å². The second-order valence-electron chi connectivity index (χ2n) is 9.04. The molecule has 1 aromatic rings. The van der Waals surface area contributed by atoms with Gasteiger partial charge >= 0.3 is 5.97 Å². The first-order valence-electron chi connectivity index (χ1n) is 12.1. The number of hydrogen-bond donors (Lipinski definition) is 3. The maximum Gasteiger partial charge on any atom is 0.308 e. The molecule has 1 saturated carbocycles. The Labute approximate surface area is 192 Å². The zero-order chi connectivity index (χ0) is 22.8. The summed E-state index contributed by atoms with van der Waals surface area (Å²) < 4.78 is 10.8. The lowest BCUT2D eigenvalue weighted by molar-refractivity contribution is -0.149. The van der Waals surface area contributed by atoms with Crippen LogP contribution in [0.3, 0.4) is 0 Å². The molecule has 7 nitrogen and oxygen atoms in total. The van der Waals surface area contributed by atoms with Crippen molar-refractivity contribution in [3.8, 4) is 0 Å². The number of rotatable bonds is 8. The lowest BCUT2D eigenvalue weighted by Gasteiger charge is -2.41. The summed E-state index contributed by atoms with van der Waals surface area (Å²) in [6.45, 7) is 6.85. The van der Waals surface area contributed by atoms with E-state index in [-0.39, 0.29) is 23.5 Å². The number of aliphatic imine (C=N–C) groups is 1. The van der Waals surface area contributed by atoms with Crippen molar-refractivity contribution in [2.24, 2.45) is 10.9 Å². The number of guanidine groups is 1. The number of nitrogens with one attached hydrogen (secondary N) is 3. The largest absolute Gasteiger partial charge is 0.466 e. The smallest absolute Gasteiger partial charge is 0.308 e. The highest BCUT2D eigenvalue weighted by atomic mass is 16.5. The van der Waals surface area contributed by atoms with E-state index in [1.54, 1.807) is 0 Å². The second kappa shape index (κ2) is 12.2. The fraction of sp³-hybridized carbons (Fsp3) is 0.680. The van der Waals surface area contributed by atoms with E-state index in [9.17, 15) is 4.79 Å². The minimum Gasteiger partial charge on any atom is -0.466 e. The number of esters is 1. The molecule has 2 fully saturated rings. The number of benzene rings is 1. The van der Waals surface area contributed by atoms with Crippen molar-refractivity contribution in [3.05, 3.63) is 35.9 Å². The Kier molecular flexibility index (Phi) is 9.36. The monoisotopic (exact) mass is 444 g/mol. The molecule has 3 rings (SSSR count). The normalized spacial score (nSPS) is 24.4. The molecule has 1 aromatic carbocycles. The van der Waals surface area contributed by atoms with Crippen molar-refractivity contribution in [1.82, 2.24) is 16.0 Å². The van der Waals surface area contributed by atoms with Crippen LogP contribution < -0.4 is 16.0 Å². The summed E-state index contributed by atoms with van der Waals surface area (Å²) in [7, 11) is 1.82. The molecule has 0 aromatic heterocycles. The zero-order valence-electron chi connectivity index (χ0n) is 19.9. The molecule has 1 heterocycles. The van der Waals surface area contributed by atoms with Crippen molar-refractivity contribution < 1.29 is 14.3 Å². The van der Waals surface area contributed by atoms with E-state index in [0.29, 0.717) is 12.6 Å². The Balaban J connectivity index is 1.53. The van der Waals surface area contributed by atoms with Crippen LogP contribution >= 0.6 is 0 Å². The van der Waals surface area contributed by atoms with E-state index >= 15 is 0 Å². The van der Waals surface area contributed by atoms with E-state index in [4.69, 9.17) is 9.47 Å². The molecule has 32 heavy (non-hydrogen) atoms. The standard InChI is InChI=1S/C25H40N4O3/c1-4-32-23(30)21-10-12-22(13-11-21)28-24(26-3)27-18-25(14-16-31-17-15-25)29-19(2)20-8-6-5-7-9-20/h5-9,19,21-22,29H,4,10-18H2,1-3H3,(H2,26,27,28). The van der Waals surface area contributed by atoms with Crippen LogP contribution in [-0.4, -0.2) is 56.9 Å². The van der Waals surface area contributed by atoms with Crippen LogP contribution in [0.2, 0.25) is 0 Å². The summed E-state index contributed by atoms with van der Waals surface area (Å²) >= 11 is 0. The molecular formula is C25H40N4O3. The molecule has 2 aliphatic rings. The minimum absolute atomic E-state index is 0.0390. The molecular weight excluding hydrogens is 404 g/mol. The minimum atomic E-state index is -0.0489. The van der Waals surface area contributed by atoms with Crippen molar-refractivity contribution in [3.63, 3.8) is 0 Å². The fourth-order valence-corrected chi connectivity index (χ4v) is 4.79. The van der Waals surface area contributed by atoms with Crippen LogP contribution in [-0.2, 0) is 14.3 Å². The van der Waals surface area contributed by atoms with Gasteiger partial charge in [0.2, 0.25) is 0 Å². The van der Waals surface area contributed by atoms with Crippen LogP contribution in [0.5, 0.6) is 0 Å². The van der Waals surface area contributed by atoms with Gasteiger partial charge in [0.15, 0.2) is 5.96 Å². The molecule has 3 N–H and O–H groups in total. The third kappa shape index (κ3) is 6.94. The molecule has 7 heteroatoms. The quantitative estimate of drug-likeness (QED) is 0.325. The summed E-state index contributed by atoms with van der Waals surface area (Å²) in [5, 5.41) is 11.0. The summed E-state index contributed by atoms with van der Waals surface area (Å²) in [5.74, 6) is 0.815. The molecule has 0 amide bonds. The van der Waals surface area contributed by atoms with Gasteiger partial charge in [-0.1, -0.05) is 30.3 Å². The van der Waals surface area contributed by atoms with Crippen LogP contribution in [0.1, 0.15) is 64.0 Å². The van der Waals surface area contributed by atoms with E-state index < -0.39 is 0 Å². The molecule has 1 unspecified atom stereocenters. The lowest BCUT2D eigenvalue weighted by Crippen LogP contribution is -2.59. The molecule has 178 valence electrons. The first-order chi connectivity index (χ1) is 15.5. The van der Waals surface area contributed by atoms with Gasteiger partial charge < -0.3 is 25.4 Å². The van der Waals surface area contributed by atoms with Crippen molar-refractivity contribution in [2.75, 3.05) is 33.4 Å². The van der Waals surface area contributed by atoms with Crippen LogP contribution in [0.25, 0.3) is 0 Å². The predicted octanol–water partition coefficient (Wildman–Crippen LogP) is 3.17. The number of hydrogen-bond acceptors (Lipinski definition) is 5. The third-order valence-electron chi connectivity index (χ3n) is 6.78. The number of carbonyl (C=O) groups is 1. The SMILES string of the molecule is CCOC(=O)C1CCC(NC(=NC)NCC2(NC(C)c3ccccc3)CCOCC2)CC1. The molecule has 1 aliphatic heterocycles. The molecule has 1 aliphatic carbocycles. The zero-order valence-corrected chi connectivity index (χ0v) is 19.9. The molecule has 0 radical (unpaired) electrons. The summed E-state index contributed by atoms with van der Waals surface area (Å²) in [6, 6.07) is 11.2. The van der Waals surface area contributed by atoms with Gasteiger partial charge in [-0.3, -0.25) is 9.79 Å². The van der Waals surface area contributed by atoms with Gasteiger partial charge in [-0.2, -0.15) is 0 Å². The van der Waals surface area contributed by atoms with Crippen molar-refractivity contribution in [2.45, 2.75) is 70.0 Å². The second-order valence-corrected chi connectivity index (χ2v) is 9.04. The fourth-order valence-electron chi connectivity index (χ4n) is 4.79. The molecule has 1 saturated heterocycles. The van der Waals surface area contributed by atoms with Crippen LogP contribution in [0.4, 0.5) is 0 Å². The van der Waals surface area contributed by atoms with Gasteiger partial charge in [0, 0.05) is 44.4 Å². The van der Waals surface area contributed by atoms with E-state index in [1.807, 2.05) is 14.0 Å². The highest BCUT2D eigenvalue weighted by Gasteiger charge is 2.34. The van der Waals surface area contributed by atoms with Gasteiger partial charge in [0.25, 0.3) is 0 Å². The van der Waals surface area contributed by atoms with Gasteiger partial charge in [-0.15, -0.1) is 0 Å². The summed E-state index contributed by atoms with van der Waals surface area (Å²) in [4.78, 5) is 16.5. The van der Waals surface area contributed by atoms with E-state index in [0.717, 1.165) is 64.2 Å². The van der Waals surface area contributed by atoms with Crippen molar-refractivity contribution >= 4 is 11.9 Å². The number of nitrogens with zero attached hydrogens (tertiary/aromatic N) is 1. The van der Waals surface area contributed by atoms with E-state index in [1.165, 1.54) is 5.56 Å². The average Bonchev–Trinajstić information content (AvgIpc) is 2.83. The van der Waals surface area contributed by atoms with Gasteiger partial charge in [0.1, 0.15) is 0 Å². The number of ether oxygens (including phenoxy) is 2. The maximum absolute atomic E-state index is 12.0. The average molecular weight is 445 g/mol. The van der Waals surface area contributed by atoms with Crippen LogP contribution in [0.15, 0.2) is 35.3 Å². The first-order valence-corrected chi connectivity index (χ1v) is 12.1. The Morgan fingerprint density at radius 3 is 2.50 bits per heavy atom. The predicted molar refractivity (Wildman–Crippen MR) is 128 cm³/mol. The molecule has 0 bridgehead atoms.